The van der Waals surface area contributed by atoms with Gasteiger partial charge in [0.05, 0.1) is 19.2 Å². The average Bonchev–Trinajstić information content (AvgIpc) is 2.83. The minimum absolute atomic E-state index is 0.0210. The number of ether oxygens (including phenoxy) is 1. The SMILES string of the molecule is COCCn1nc(C(=O)N[C@H]2CCCCc3ccccc32)ccc1=O. The highest BCUT2D eigenvalue weighted by molar-refractivity contribution is 5.92. The molecule has 6 nitrogen and oxygen atoms in total. The predicted octanol–water partition coefficient (Wildman–Crippen LogP) is 2.09. The molecule has 0 aliphatic heterocycles. The fourth-order valence-corrected chi connectivity index (χ4v) is 3.21. The van der Waals surface area contributed by atoms with Crippen LogP contribution < -0.4 is 10.9 Å². The Balaban J connectivity index is 1.79. The average molecular weight is 341 g/mol. The zero-order valence-electron chi connectivity index (χ0n) is 14.4. The molecule has 1 N–H and O–H groups in total. The van der Waals surface area contributed by atoms with Crippen molar-refractivity contribution in [3.8, 4) is 0 Å². The largest absolute Gasteiger partial charge is 0.383 e. The summed E-state index contributed by atoms with van der Waals surface area (Å²) in [6.45, 7) is 0.691. The van der Waals surface area contributed by atoms with E-state index in [9.17, 15) is 9.59 Å². The second-order valence-corrected chi connectivity index (χ2v) is 6.24. The molecule has 0 saturated carbocycles. The van der Waals surface area contributed by atoms with Crippen molar-refractivity contribution in [1.82, 2.24) is 15.1 Å². The van der Waals surface area contributed by atoms with Crippen LogP contribution in [0.25, 0.3) is 0 Å². The number of amides is 1. The van der Waals surface area contributed by atoms with E-state index in [0.717, 1.165) is 25.7 Å². The first-order chi connectivity index (χ1) is 12.2. The minimum atomic E-state index is -0.257. The number of carbonyl (C=O) groups is 1. The molecule has 6 heteroatoms. The second-order valence-electron chi connectivity index (χ2n) is 6.24. The quantitative estimate of drug-likeness (QED) is 0.845. The van der Waals surface area contributed by atoms with Gasteiger partial charge in [-0.3, -0.25) is 9.59 Å². The highest BCUT2D eigenvalue weighted by Gasteiger charge is 2.21. The van der Waals surface area contributed by atoms with E-state index in [1.165, 1.54) is 27.9 Å². The van der Waals surface area contributed by atoms with Crippen LogP contribution in [0.5, 0.6) is 0 Å². The summed E-state index contributed by atoms with van der Waals surface area (Å²) in [5, 5.41) is 7.25. The van der Waals surface area contributed by atoms with Crippen LogP contribution in [0.4, 0.5) is 0 Å². The molecular weight excluding hydrogens is 318 g/mol. The summed E-state index contributed by atoms with van der Waals surface area (Å²) >= 11 is 0. The van der Waals surface area contributed by atoms with Gasteiger partial charge in [0.15, 0.2) is 0 Å². The molecule has 1 aliphatic rings. The van der Waals surface area contributed by atoms with Gasteiger partial charge in [-0.1, -0.05) is 30.7 Å². The van der Waals surface area contributed by atoms with Crippen molar-refractivity contribution in [3.05, 3.63) is 63.6 Å². The molecule has 3 rings (SSSR count). The van der Waals surface area contributed by atoms with Crippen LogP contribution in [0.15, 0.2) is 41.2 Å². The van der Waals surface area contributed by atoms with Crippen molar-refractivity contribution in [2.75, 3.05) is 13.7 Å². The van der Waals surface area contributed by atoms with Crippen LogP contribution in [0.1, 0.15) is 46.9 Å². The zero-order valence-corrected chi connectivity index (χ0v) is 14.4. The van der Waals surface area contributed by atoms with E-state index in [1.807, 2.05) is 12.1 Å². The first-order valence-electron chi connectivity index (χ1n) is 8.65. The normalized spacial score (nSPS) is 16.8. The summed E-state index contributed by atoms with van der Waals surface area (Å²) in [7, 11) is 1.56. The molecule has 0 bridgehead atoms. The van der Waals surface area contributed by atoms with Crippen LogP contribution in [-0.4, -0.2) is 29.4 Å². The van der Waals surface area contributed by atoms with Gasteiger partial charge in [0.1, 0.15) is 5.69 Å². The molecule has 0 unspecified atom stereocenters. The number of carbonyl (C=O) groups excluding carboxylic acids is 1. The number of aryl methyl sites for hydroxylation is 1. The molecule has 1 amide bonds. The number of hydrogen-bond donors (Lipinski definition) is 1. The van der Waals surface area contributed by atoms with Crippen molar-refractivity contribution < 1.29 is 9.53 Å². The highest BCUT2D eigenvalue weighted by atomic mass is 16.5. The van der Waals surface area contributed by atoms with E-state index >= 15 is 0 Å². The summed E-state index contributed by atoms with van der Waals surface area (Å²) in [6, 6.07) is 11.1. The van der Waals surface area contributed by atoms with Gasteiger partial charge in [0.2, 0.25) is 0 Å². The van der Waals surface area contributed by atoms with Gasteiger partial charge in [0, 0.05) is 13.2 Å². The molecular formula is C19H23N3O3. The third-order valence-corrected chi connectivity index (χ3v) is 4.53. The predicted molar refractivity (Wildman–Crippen MR) is 94.6 cm³/mol. The maximum Gasteiger partial charge on any atom is 0.272 e. The first kappa shape index (κ1) is 17.4. The van der Waals surface area contributed by atoms with E-state index in [-0.39, 0.29) is 23.2 Å². The summed E-state index contributed by atoms with van der Waals surface area (Å²) in [4.78, 5) is 24.5. The summed E-state index contributed by atoms with van der Waals surface area (Å²) < 4.78 is 6.24. The lowest BCUT2D eigenvalue weighted by atomic mass is 9.99. The maximum atomic E-state index is 12.7. The minimum Gasteiger partial charge on any atom is -0.383 e. The van der Waals surface area contributed by atoms with Gasteiger partial charge in [-0.2, -0.15) is 5.10 Å². The topological polar surface area (TPSA) is 73.2 Å². The number of benzene rings is 1. The molecule has 0 saturated heterocycles. The van der Waals surface area contributed by atoms with Gasteiger partial charge in [-0.25, -0.2) is 4.68 Å². The lowest BCUT2D eigenvalue weighted by molar-refractivity contribution is 0.0925. The number of rotatable bonds is 5. The summed E-state index contributed by atoms with van der Waals surface area (Å²) in [6.07, 6.45) is 4.15. The molecule has 2 aromatic rings. The van der Waals surface area contributed by atoms with Crippen molar-refractivity contribution in [2.45, 2.75) is 38.3 Å². The van der Waals surface area contributed by atoms with Crippen LogP contribution in [0, 0.1) is 0 Å². The zero-order chi connectivity index (χ0) is 17.6. The van der Waals surface area contributed by atoms with Crippen molar-refractivity contribution >= 4 is 5.91 Å². The maximum absolute atomic E-state index is 12.7. The molecule has 25 heavy (non-hydrogen) atoms. The lowest BCUT2D eigenvalue weighted by Gasteiger charge is -2.19. The third-order valence-electron chi connectivity index (χ3n) is 4.53. The van der Waals surface area contributed by atoms with Gasteiger partial charge in [-0.05, 0) is 36.5 Å². The first-order valence-corrected chi connectivity index (χ1v) is 8.65. The molecule has 0 fully saturated rings. The third kappa shape index (κ3) is 4.14. The lowest BCUT2D eigenvalue weighted by Crippen LogP contribution is -2.32. The second kappa shape index (κ2) is 8.07. The Hall–Kier alpha value is -2.47. The van der Waals surface area contributed by atoms with Gasteiger partial charge < -0.3 is 10.1 Å². The van der Waals surface area contributed by atoms with Crippen LogP contribution in [-0.2, 0) is 17.7 Å². The van der Waals surface area contributed by atoms with E-state index in [0.29, 0.717) is 13.2 Å². The number of fused-ring (bicyclic) bond motifs is 1. The van der Waals surface area contributed by atoms with E-state index in [1.54, 1.807) is 7.11 Å². The number of hydrogen-bond acceptors (Lipinski definition) is 4. The van der Waals surface area contributed by atoms with Crippen LogP contribution >= 0.6 is 0 Å². The standard InChI is InChI=1S/C19H23N3O3/c1-25-13-12-22-18(23)11-10-17(21-22)19(24)20-16-9-5-3-7-14-6-2-4-8-15(14)16/h2,4,6,8,10-11,16H,3,5,7,9,12-13H2,1H3,(H,20,24)/t16-/m0/s1. The molecule has 1 atom stereocenters. The number of nitrogens with zero attached hydrogens (tertiary/aromatic N) is 2. The number of nitrogens with one attached hydrogen (secondary N) is 1. The van der Waals surface area contributed by atoms with Crippen molar-refractivity contribution in [2.24, 2.45) is 0 Å². The Morgan fingerprint density at radius 3 is 2.96 bits per heavy atom. The van der Waals surface area contributed by atoms with E-state index < -0.39 is 0 Å². The monoisotopic (exact) mass is 341 g/mol. The van der Waals surface area contributed by atoms with Crippen LogP contribution in [0.2, 0.25) is 0 Å². The Kier molecular flexibility index (Phi) is 5.60. The Labute approximate surface area is 146 Å². The number of aromatic nitrogens is 2. The summed E-state index contributed by atoms with van der Waals surface area (Å²) in [5.41, 5.74) is 2.48. The molecule has 1 heterocycles. The molecule has 1 aromatic heterocycles. The molecule has 0 spiro atoms. The molecule has 0 radical (unpaired) electrons. The Morgan fingerprint density at radius 1 is 1.28 bits per heavy atom. The van der Waals surface area contributed by atoms with E-state index in [2.05, 4.69) is 22.5 Å². The Morgan fingerprint density at radius 2 is 2.12 bits per heavy atom. The fraction of sp³-hybridized carbons (Fsp3) is 0.421. The molecule has 132 valence electrons. The summed E-state index contributed by atoms with van der Waals surface area (Å²) in [5.74, 6) is -0.257. The van der Waals surface area contributed by atoms with Gasteiger partial charge >= 0.3 is 0 Å². The van der Waals surface area contributed by atoms with E-state index in [4.69, 9.17) is 4.74 Å². The van der Waals surface area contributed by atoms with Crippen molar-refractivity contribution in [1.29, 1.82) is 0 Å². The molecule has 1 aliphatic carbocycles. The molecule has 1 aromatic carbocycles. The fourth-order valence-electron chi connectivity index (χ4n) is 3.21. The Bertz CT molecular complexity index is 800. The smallest absolute Gasteiger partial charge is 0.272 e. The highest BCUT2D eigenvalue weighted by Crippen LogP contribution is 2.28. The van der Waals surface area contributed by atoms with Crippen molar-refractivity contribution in [3.63, 3.8) is 0 Å². The number of methoxy groups -OCH3 is 1. The van der Waals surface area contributed by atoms with Gasteiger partial charge in [-0.15, -0.1) is 0 Å². The van der Waals surface area contributed by atoms with Crippen LogP contribution in [0.3, 0.4) is 0 Å². The van der Waals surface area contributed by atoms with Gasteiger partial charge in [0.25, 0.3) is 11.5 Å².